The number of phenols is 1. The molecule has 5 nitrogen and oxygen atoms in total. The third-order valence-electron chi connectivity index (χ3n) is 9.21. The summed E-state index contributed by atoms with van der Waals surface area (Å²) in [5, 5.41) is 11.0. The Labute approximate surface area is 292 Å². The SMILES string of the molecule is CC(C)(C)c1ccnc(-c2cccc(-c3cc(-c4ccccc4-n4c(-c5ccccc5)c[n+]5ccccc45)cc(-c4ccccc4O)n3)c2)c1. The fourth-order valence-corrected chi connectivity index (χ4v) is 6.59. The molecular formula is C45H37N4O+. The van der Waals surface area contributed by atoms with Crippen LogP contribution < -0.4 is 4.40 Å². The van der Waals surface area contributed by atoms with Gasteiger partial charge in [0.15, 0.2) is 5.69 Å². The summed E-state index contributed by atoms with van der Waals surface area (Å²) in [7, 11) is 0. The number of pyridine rings is 3. The van der Waals surface area contributed by atoms with E-state index in [-0.39, 0.29) is 11.2 Å². The number of fused-ring (bicyclic) bond motifs is 1. The van der Waals surface area contributed by atoms with Crippen molar-refractivity contribution in [1.82, 2.24) is 14.5 Å². The van der Waals surface area contributed by atoms with E-state index in [1.54, 1.807) is 6.07 Å². The van der Waals surface area contributed by atoms with E-state index in [1.807, 2.05) is 30.5 Å². The maximum absolute atomic E-state index is 11.0. The normalized spacial score (nSPS) is 11.6. The number of rotatable bonds is 6. The van der Waals surface area contributed by atoms with Gasteiger partial charge < -0.3 is 5.11 Å². The summed E-state index contributed by atoms with van der Waals surface area (Å²) < 4.78 is 4.48. The Kier molecular flexibility index (Phi) is 7.81. The number of hydrogen-bond donors (Lipinski definition) is 1. The molecule has 0 aliphatic carbocycles. The van der Waals surface area contributed by atoms with E-state index in [2.05, 4.69) is 157 Å². The predicted molar refractivity (Wildman–Crippen MR) is 202 cm³/mol. The highest BCUT2D eigenvalue weighted by Gasteiger charge is 2.24. The van der Waals surface area contributed by atoms with Crippen molar-refractivity contribution in [3.8, 4) is 67.6 Å². The molecule has 0 aliphatic heterocycles. The molecule has 0 aliphatic rings. The lowest BCUT2D eigenvalue weighted by Crippen LogP contribution is -2.17. The molecule has 0 atom stereocenters. The van der Waals surface area contributed by atoms with Crippen molar-refractivity contribution < 1.29 is 9.51 Å². The Morgan fingerprint density at radius 3 is 2.06 bits per heavy atom. The van der Waals surface area contributed by atoms with E-state index in [0.717, 1.165) is 56.2 Å². The predicted octanol–water partition coefficient (Wildman–Crippen LogP) is 10.3. The summed E-state index contributed by atoms with van der Waals surface area (Å²) in [6.07, 6.45) is 6.16. The molecule has 1 N–H and O–H groups in total. The summed E-state index contributed by atoms with van der Waals surface area (Å²) in [6.45, 7) is 6.65. The third-order valence-corrected chi connectivity index (χ3v) is 9.21. The van der Waals surface area contributed by atoms with Gasteiger partial charge in [0, 0.05) is 40.1 Å². The number of imidazole rings is 1. The lowest BCUT2D eigenvalue weighted by Gasteiger charge is -2.19. The number of aromatic hydroxyl groups is 1. The number of benzene rings is 4. The van der Waals surface area contributed by atoms with Crippen molar-refractivity contribution in [2.75, 3.05) is 0 Å². The van der Waals surface area contributed by atoms with Gasteiger partial charge in [0.1, 0.15) is 17.6 Å². The van der Waals surface area contributed by atoms with Gasteiger partial charge in [0.05, 0.1) is 23.3 Å². The molecule has 0 saturated heterocycles. The molecule has 242 valence electrons. The molecule has 0 fully saturated rings. The zero-order chi connectivity index (χ0) is 34.2. The van der Waals surface area contributed by atoms with E-state index in [4.69, 9.17) is 9.97 Å². The lowest BCUT2D eigenvalue weighted by molar-refractivity contribution is -0.510. The molecule has 4 heterocycles. The molecular weight excluding hydrogens is 613 g/mol. The van der Waals surface area contributed by atoms with Gasteiger partial charge in [-0.1, -0.05) is 106 Å². The molecule has 8 rings (SSSR count). The number of aromatic nitrogens is 4. The smallest absolute Gasteiger partial charge is 0.291 e. The van der Waals surface area contributed by atoms with Crippen molar-refractivity contribution in [2.45, 2.75) is 26.2 Å². The van der Waals surface area contributed by atoms with Crippen molar-refractivity contribution in [2.24, 2.45) is 0 Å². The van der Waals surface area contributed by atoms with Crippen LogP contribution in [-0.2, 0) is 5.41 Å². The monoisotopic (exact) mass is 649 g/mol. The first kappa shape index (κ1) is 31.0. The highest BCUT2D eigenvalue weighted by atomic mass is 16.3. The van der Waals surface area contributed by atoms with E-state index in [0.29, 0.717) is 11.3 Å². The van der Waals surface area contributed by atoms with Gasteiger partial charge in [-0.2, -0.15) is 4.57 Å². The molecule has 5 heteroatoms. The van der Waals surface area contributed by atoms with Crippen LogP contribution in [0.2, 0.25) is 0 Å². The molecule has 0 amide bonds. The summed E-state index contributed by atoms with van der Waals surface area (Å²) in [5.41, 5.74) is 12.7. The minimum absolute atomic E-state index is 0.00902. The zero-order valence-electron chi connectivity index (χ0n) is 28.3. The Hall–Kier alpha value is -6.33. The van der Waals surface area contributed by atoms with Gasteiger partial charge in [-0.25, -0.2) is 9.38 Å². The van der Waals surface area contributed by atoms with Gasteiger partial charge in [0.2, 0.25) is 0 Å². The van der Waals surface area contributed by atoms with E-state index < -0.39 is 0 Å². The molecule has 8 aromatic rings. The van der Waals surface area contributed by atoms with Crippen LogP contribution in [0.15, 0.2) is 164 Å². The highest BCUT2D eigenvalue weighted by molar-refractivity contribution is 5.84. The summed E-state index contributed by atoms with van der Waals surface area (Å²) in [5.74, 6) is 0.187. The maximum atomic E-state index is 11.0. The van der Waals surface area contributed by atoms with Crippen molar-refractivity contribution in [1.29, 1.82) is 0 Å². The van der Waals surface area contributed by atoms with Crippen LogP contribution in [0.4, 0.5) is 0 Å². The second-order valence-corrected chi connectivity index (χ2v) is 13.6. The van der Waals surface area contributed by atoms with Crippen LogP contribution >= 0.6 is 0 Å². The standard InChI is InChI=1S/C45H36N4O/c1-45(2,3)35-23-24-46-38(29-35)32-16-13-17-33(26-32)39-27-34(28-40(47-39)37-19-8-10-21-43(37)50)36-18-7-9-20-41(36)49-42(31-14-5-4-6-15-31)30-48-25-12-11-22-44(48)49/h4-30H,1-3H3/p+1. The largest absolute Gasteiger partial charge is 0.507 e. The topological polar surface area (TPSA) is 55.0 Å². The summed E-state index contributed by atoms with van der Waals surface area (Å²) in [6, 6.07) is 49.5. The van der Waals surface area contributed by atoms with Crippen LogP contribution in [-0.4, -0.2) is 19.6 Å². The van der Waals surface area contributed by atoms with Gasteiger partial charge in [0.25, 0.3) is 5.65 Å². The molecule has 50 heavy (non-hydrogen) atoms. The van der Waals surface area contributed by atoms with Crippen LogP contribution in [0.3, 0.4) is 0 Å². The van der Waals surface area contributed by atoms with E-state index in [1.165, 1.54) is 5.56 Å². The first-order valence-corrected chi connectivity index (χ1v) is 16.9. The van der Waals surface area contributed by atoms with E-state index >= 15 is 0 Å². The van der Waals surface area contributed by atoms with Gasteiger partial charge in [-0.3, -0.25) is 4.98 Å². The van der Waals surface area contributed by atoms with Crippen LogP contribution in [0.25, 0.3) is 67.5 Å². The second kappa shape index (κ2) is 12.6. The number of para-hydroxylation sites is 2. The van der Waals surface area contributed by atoms with Gasteiger partial charge in [-0.05, 0) is 71.1 Å². The van der Waals surface area contributed by atoms with Crippen LogP contribution in [0.1, 0.15) is 26.3 Å². The second-order valence-electron chi connectivity index (χ2n) is 13.6. The Balaban J connectivity index is 1.34. The zero-order valence-corrected chi connectivity index (χ0v) is 28.3. The molecule has 0 spiro atoms. The molecule has 4 aromatic heterocycles. The quantitative estimate of drug-likeness (QED) is 0.182. The fraction of sp³-hybridized carbons (Fsp3) is 0.0889. The molecule has 0 saturated carbocycles. The average molecular weight is 650 g/mol. The first-order valence-electron chi connectivity index (χ1n) is 16.9. The van der Waals surface area contributed by atoms with Gasteiger partial charge in [-0.15, -0.1) is 0 Å². The van der Waals surface area contributed by atoms with Crippen LogP contribution in [0.5, 0.6) is 5.75 Å². The lowest BCUT2D eigenvalue weighted by atomic mass is 9.87. The first-order chi connectivity index (χ1) is 24.3. The van der Waals surface area contributed by atoms with Crippen molar-refractivity contribution >= 4 is 5.65 Å². The van der Waals surface area contributed by atoms with Crippen molar-refractivity contribution in [3.05, 3.63) is 170 Å². The van der Waals surface area contributed by atoms with Crippen molar-refractivity contribution in [3.63, 3.8) is 0 Å². The molecule has 0 radical (unpaired) electrons. The molecule has 0 bridgehead atoms. The number of nitrogens with zero attached hydrogens (tertiary/aromatic N) is 4. The summed E-state index contributed by atoms with van der Waals surface area (Å²) >= 11 is 0. The van der Waals surface area contributed by atoms with Gasteiger partial charge >= 0.3 is 0 Å². The minimum atomic E-state index is 0.00902. The minimum Gasteiger partial charge on any atom is -0.507 e. The Bertz CT molecular complexity index is 2490. The Morgan fingerprint density at radius 2 is 1.26 bits per heavy atom. The third kappa shape index (κ3) is 5.84. The molecule has 4 aromatic carbocycles. The summed E-state index contributed by atoms with van der Waals surface area (Å²) in [4.78, 5) is 9.91. The van der Waals surface area contributed by atoms with E-state index in [9.17, 15) is 5.11 Å². The number of hydrogen-bond acceptors (Lipinski definition) is 3. The molecule has 0 unspecified atom stereocenters. The highest BCUT2D eigenvalue weighted by Crippen LogP contribution is 2.38. The average Bonchev–Trinajstić information content (AvgIpc) is 3.55. The Morgan fingerprint density at radius 1 is 0.580 bits per heavy atom. The maximum Gasteiger partial charge on any atom is 0.291 e. The fourth-order valence-electron chi connectivity index (χ4n) is 6.59. The number of phenolic OH excluding ortho intramolecular Hbond substituents is 1. The van der Waals surface area contributed by atoms with Crippen LogP contribution in [0, 0.1) is 0 Å².